The van der Waals surface area contributed by atoms with Crippen molar-refractivity contribution in [3.8, 4) is 0 Å². The molecule has 1 heterocycles. The smallest absolute Gasteiger partial charge is 0.0717 e. The largest absolute Gasteiger partial charge is 0.375 e. The molecule has 2 aromatic carbocycles. The molecule has 120 valence electrons. The molecule has 0 radical (unpaired) electrons. The molecule has 0 fully saturated rings. The zero-order valence-corrected chi connectivity index (χ0v) is 13.8. The summed E-state index contributed by atoms with van der Waals surface area (Å²) in [7, 11) is 0. The fraction of sp³-hybridized carbons (Fsp3) is 0.300. The first-order valence-electron chi connectivity index (χ1n) is 8.07. The minimum Gasteiger partial charge on any atom is -0.375 e. The third kappa shape index (κ3) is 4.01. The van der Waals surface area contributed by atoms with E-state index < -0.39 is 0 Å². The molecule has 23 heavy (non-hydrogen) atoms. The molecule has 0 bridgehead atoms. The van der Waals surface area contributed by atoms with Crippen molar-refractivity contribution in [2.24, 2.45) is 5.73 Å². The zero-order chi connectivity index (χ0) is 16.2. The van der Waals surface area contributed by atoms with Gasteiger partial charge in [-0.3, -0.25) is 0 Å². The van der Waals surface area contributed by atoms with Gasteiger partial charge in [0, 0.05) is 23.1 Å². The zero-order valence-electron chi connectivity index (χ0n) is 13.8. The second-order valence-electron chi connectivity index (χ2n) is 6.33. The van der Waals surface area contributed by atoms with Crippen LogP contribution in [-0.2, 0) is 17.8 Å². The Morgan fingerprint density at radius 3 is 2.61 bits per heavy atom. The van der Waals surface area contributed by atoms with Gasteiger partial charge in [-0.2, -0.15) is 0 Å². The molecular weight excluding hydrogens is 284 g/mol. The molecule has 0 aliphatic rings. The Kier molecular flexibility index (Phi) is 4.79. The number of hydrogen-bond donors (Lipinski definition) is 2. The van der Waals surface area contributed by atoms with Crippen molar-refractivity contribution in [2.75, 3.05) is 6.61 Å². The molecule has 3 rings (SSSR count). The number of fused-ring (bicyclic) bond motifs is 1. The van der Waals surface area contributed by atoms with Crippen LogP contribution in [0.2, 0.25) is 0 Å². The highest BCUT2D eigenvalue weighted by Crippen LogP contribution is 2.19. The first-order chi connectivity index (χ1) is 11.1. The predicted molar refractivity (Wildman–Crippen MR) is 95.6 cm³/mol. The molecule has 3 N–H and O–H groups in total. The molecule has 0 unspecified atom stereocenters. The molecule has 0 aliphatic carbocycles. The monoisotopic (exact) mass is 308 g/mol. The fourth-order valence-corrected chi connectivity index (χ4v) is 3.12. The SMILES string of the molecule is Cc1cc(C)cc(COC[C@@H](N)Cc2c[nH]c3ccccc23)c1. The fourth-order valence-electron chi connectivity index (χ4n) is 3.12. The van der Waals surface area contributed by atoms with Crippen LogP contribution in [0.4, 0.5) is 0 Å². The van der Waals surface area contributed by atoms with Crippen LogP contribution in [0.5, 0.6) is 0 Å². The first kappa shape index (κ1) is 15.8. The summed E-state index contributed by atoms with van der Waals surface area (Å²) in [5, 5.41) is 1.25. The number of aromatic nitrogens is 1. The Morgan fingerprint density at radius 1 is 1.09 bits per heavy atom. The van der Waals surface area contributed by atoms with Crippen molar-refractivity contribution >= 4 is 10.9 Å². The van der Waals surface area contributed by atoms with Crippen LogP contribution >= 0.6 is 0 Å². The number of ether oxygens (including phenoxy) is 1. The van der Waals surface area contributed by atoms with Crippen LogP contribution < -0.4 is 5.73 Å². The molecule has 0 aliphatic heterocycles. The number of para-hydroxylation sites is 1. The van der Waals surface area contributed by atoms with E-state index in [0.29, 0.717) is 13.2 Å². The lowest BCUT2D eigenvalue weighted by atomic mass is 10.1. The highest BCUT2D eigenvalue weighted by molar-refractivity contribution is 5.83. The normalized spacial score (nSPS) is 12.7. The summed E-state index contributed by atoms with van der Waals surface area (Å²) < 4.78 is 5.82. The van der Waals surface area contributed by atoms with Gasteiger partial charge in [0.15, 0.2) is 0 Å². The van der Waals surface area contributed by atoms with Crippen molar-refractivity contribution in [2.45, 2.75) is 32.9 Å². The van der Waals surface area contributed by atoms with Crippen LogP contribution in [0, 0.1) is 13.8 Å². The third-order valence-electron chi connectivity index (χ3n) is 4.04. The van der Waals surface area contributed by atoms with E-state index in [9.17, 15) is 0 Å². The Bertz CT molecular complexity index is 771. The molecule has 0 amide bonds. The number of rotatable bonds is 6. The molecule has 1 aromatic heterocycles. The second kappa shape index (κ2) is 6.99. The van der Waals surface area contributed by atoms with Gasteiger partial charge in [-0.15, -0.1) is 0 Å². The first-order valence-corrected chi connectivity index (χ1v) is 8.07. The van der Waals surface area contributed by atoms with Gasteiger partial charge >= 0.3 is 0 Å². The van der Waals surface area contributed by atoms with Gasteiger partial charge in [-0.25, -0.2) is 0 Å². The van der Waals surface area contributed by atoms with E-state index in [1.54, 1.807) is 0 Å². The van der Waals surface area contributed by atoms with E-state index in [2.05, 4.69) is 61.4 Å². The van der Waals surface area contributed by atoms with Gasteiger partial charge in [0.05, 0.1) is 13.2 Å². The minimum absolute atomic E-state index is 0.000104. The number of nitrogens with one attached hydrogen (secondary N) is 1. The lowest BCUT2D eigenvalue weighted by Crippen LogP contribution is -2.28. The number of benzene rings is 2. The van der Waals surface area contributed by atoms with E-state index in [1.165, 1.54) is 27.6 Å². The molecule has 0 saturated heterocycles. The molecule has 3 aromatic rings. The van der Waals surface area contributed by atoms with Gasteiger partial charge < -0.3 is 15.5 Å². The van der Waals surface area contributed by atoms with E-state index in [1.807, 2.05) is 6.07 Å². The summed E-state index contributed by atoms with van der Waals surface area (Å²) >= 11 is 0. The summed E-state index contributed by atoms with van der Waals surface area (Å²) in [5.41, 5.74) is 12.4. The second-order valence-corrected chi connectivity index (χ2v) is 6.33. The van der Waals surface area contributed by atoms with E-state index >= 15 is 0 Å². The predicted octanol–water partition coefficient (Wildman–Crippen LogP) is 3.87. The number of aryl methyl sites for hydroxylation is 2. The summed E-state index contributed by atoms with van der Waals surface area (Å²) in [6.07, 6.45) is 2.87. The number of hydrogen-bond acceptors (Lipinski definition) is 2. The highest BCUT2D eigenvalue weighted by Gasteiger charge is 2.09. The van der Waals surface area contributed by atoms with Crippen LogP contribution in [0.25, 0.3) is 10.9 Å². The number of H-pyrrole nitrogens is 1. The van der Waals surface area contributed by atoms with E-state index in [4.69, 9.17) is 10.5 Å². The van der Waals surface area contributed by atoms with Gasteiger partial charge in [0.2, 0.25) is 0 Å². The van der Waals surface area contributed by atoms with Crippen molar-refractivity contribution in [3.05, 3.63) is 70.9 Å². The van der Waals surface area contributed by atoms with Gasteiger partial charge in [-0.1, -0.05) is 47.5 Å². The summed E-state index contributed by atoms with van der Waals surface area (Å²) in [4.78, 5) is 3.29. The Hall–Kier alpha value is -2.10. The Morgan fingerprint density at radius 2 is 1.83 bits per heavy atom. The lowest BCUT2D eigenvalue weighted by molar-refractivity contribution is 0.108. The summed E-state index contributed by atoms with van der Waals surface area (Å²) in [6, 6.07) is 14.8. The summed E-state index contributed by atoms with van der Waals surface area (Å²) in [6.45, 7) is 5.40. The maximum Gasteiger partial charge on any atom is 0.0717 e. The van der Waals surface area contributed by atoms with Crippen molar-refractivity contribution in [3.63, 3.8) is 0 Å². The molecule has 1 atom stereocenters. The topological polar surface area (TPSA) is 51.0 Å². The third-order valence-corrected chi connectivity index (χ3v) is 4.04. The molecule has 3 nitrogen and oxygen atoms in total. The Labute approximate surface area is 137 Å². The van der Waals surface area contributed by atoms with Crippen LogP contribution in [0.15, 0.2) is 48.7 Å². The summed E-state index contributed by atoms with van der Waals surface area (Å²) in [5.74, 6) is 0. The molecule has 0 saturated carbocycles. The molecule has 3 heteroatoms. The molecule has 0 spiro atoms. The van der Waals surface area contributed by atoms with Crippen LogP contribution in [0.1, 0.15) is 22.3 Å². The average Bonchev–Trinajstić information content (AvgIpc) is 2.90. The van der Waals surface area contributed by atoms with Crippen molar-refractivity contribution in [1.29, 1.82) is 0 Å². The lowest BCUT2D eigenvalue weighted by Gasteiger charge is -2.12. The van der Waals surface area contributed by atoms with E-state index in [-0.39, 0.29) is 6.04 Å². The average molecular weight is 308 g/mol. The van der Waals surface area contributed by atoms with Crippen molar-refractivity contribution < 1.29 is 4.74 Å². The van der Waals surface area contributed by atoms with Gasteiger partial charge in [0.1, 0.15) is 0 Å². The minimum atomic E-state index is 0.000104. The van der Waals surface area contributed by atoms with E-state index in [0.717, 1.165) is 11.9 Å². The Balaban J connectivity index is 1.54. The molecular formula is C20H24N2O. The highest BCUT2D eigenvalue weighted by atomic mass is 16.5. The quantitative estimate of drug-likeness (QED) is 0.726. The van der Waals surface area contributed by atoms with Crippen LogP contribution in [0.3, 0.4) is 0 Å². The van der Waals surface area contributed by atoms with Crippen LogP contribution in [-0.4, -0.2) is 17.6 Å². The number of aromatic amines is 1. The van der Waals surface area contributed by atoms with Crippen molar-refractivity contribution in [1.82, 2.24) is 4.98 Å². The number of nitrogens with two attached hydrogens (primary N) is 1. The van der Waals surface area contributed by atoms with Gasteiger partial charge in [-0.05, 0) is 37.5 Å². The maximum atomic E-state index is 6.24. The standard InChI is InChI=1S/C20H24N2O/c1-14-7-15(2)9-16(8-14)12-23-13-18(21)10-17-11-22-20-6-4-3-5-19(17)20/h3-9,11,18,22H,10,12-13,21H2,1-2H3/t18-/m0/s1. The van der Waals surface area contributed by atoms with Gasteiger partial charge in [0.25, 0.3) is 0 Å². The maximum absolute atomic E-state index is 6.24.